The van der Waals surface area contributed by atoms with Crippen molar-refractivity contribution in [2.24, 2.45) is 0 Å². The van der Waals surface area contributed by atoms with Crippen LogP contribution >= 0.6 is 0 Å². The largest absolute Gasteiger partial charge is 0.467 e. The second-order valence-corrected chi connectivity index (χ2v) is 7.19. The zero-order valence-electron chi connectivity index (χ0n) is 15.9. The number of aromatic nitrogens is 1. The summed E-state index contributed by atoms with van der Waals surface area (Å²) in [6.07, 6.45) is 0.241. The van der Waals surface area contributed by atoms with E-state index >= 15 is 0 Å². The van der Waals surface area contributed by atoms with Crippen molar-refractivity contribution in [1.29, 1.82) is 0 Å². The van der Waals surface area contributed by atoms with Gasteiger partial charge in [0.05, 0.1) is 19.9 Å². The van der Waals surface area contributed by atoms with Crippen molar-refractivity contribution < 1.29 is 23.9 Å². The zero-order valence-corrected chi connectivity index (χ0v) is 15.9. The number of carbonyl (C=O) groups is 3. The smallest absolute Gasteiger partial charge is 0.342 e. The van der Waals surface area contributed by atoms with E-state index in [9.17, 15) is 14.4 Å². The van der Waals surface area contributed by atoms with Gasteiger partial charge in [-0.3, -0.25) is 9.69 Å². The standard InChI is InChI=1S/C22H18N2O5/c1-28-20(26)17-11-14-12-7-4-6-10-16(12)23-18(14)22(21(27)29-2)15-9-5-3-8-13(15)19(25)24(17)22/h3-10,17,23H,11H2,1-2H3/t17-,22-/m0/s1. The summed E-state index contributed by atoms with van der Waals surface area (Å²) in [5.41, 5.74) is 1.49. The van der Waals surface area contributed by atoms with Crippen molar-refractivity contribution in [3.05, 3.63) is 70.9 Å². The Hall–Kier alpha value is -3.61. The first-order valence-electron chi connectivity index (χ1n) is 9.25. The maximum atomic E-state index is 13.4. The van der Waals surface area contributed by atoms with E-state index in [-0.39, 0.29) is 6.42 Å². The highest BCUT2D eigenvalue weighted by atomic mass is 16.5. The number of nitrogens with one attached hydrogen (secondary N) is 1. The van der Waals surface area contributed by atoms with Crippen molar-refractivity contribution in [3.8, 4) is 0 Å². The number of hydrogen-bond acceptors (Lipinski definition) is 5. The lowest BCUT2D eigenvalue weighted by Crippen LogP contribution is -2.61. The van der Waals surface area contributed by atoms with Gasteiger partial charge >= 0.3 is 11.9 Å². The van der Waals surface area contributed by atoms with E-state index in [1.165, 1.54) is 19.1 Å². The second kappa shape index (κ2) is 5.94. The summed E-state index contributed by atoms with van der Waals surface area (Å²) in [6, 6.07) is 13.6. The third-order valence-corrected chi connectivity index (χ3v) is 5.97. The molecule has 2 aliphatic rings. The maximum Gasteiger partial charge on any atom is 0.342 e. The summed E-state index contributed by atoms with van der Waals surface area (Å²) < 4.78 is 10.2. The van der Waals surface area contributed by atoms with Crippen LogP contribution in [-0.2, 0) is 31.0 Å². The van der Waals surface area contributed by atoms with E-state index in [1.807, 2.05) is 24.3 Å². The Bertz CT molecular complexity index is 1200. The predicted octanol–water partition coefficient (Wildman–Crippen LogP) is 2.14. The number of methoxy groups -OCH3 is 2. The lowest BCUT2D eigenvalue weighted by atomic mass is 9.78. The van der Waals surface area contributed by atoms with Gasteiger partial charge in [0.15, 0.2) is 0 Å². The van der Waals surface area contributed by atoms with Gasteiger partial charge in [-0.05, 0) is 17.7 Å². The van der Waals surface area contributed by atoms with Crippen molar-refractivity contribution in [2.45, 2.75) is 18.0 Å². The van der Waals surface area contributed by atoms with Gasteiger partial charge in [-0.25, -0.2) is 9.59 Å². The van der Waals surface area contributed by atoms with Gasteiger partial charge in [0.1, 0.15) is 6.04 Å². The number of aromatic amines is 1. The van der Waals surface area contributed by atoms with Gasteiger partial charge in [0, 0.05) is 28.5 Å². The van der Waals surface area contributed by atoms with E-state index < -0.39 is 29.4 Å². The number of rotatable bonds is 2. The summed E-state index contributed by atoms with van der Waals surface area (Å²) in [7, 11) is 2.56. The molecule has 1 aromatic heterocycles. The number of hydrogen-bond donors (Lipinski definition) is 1. The van der Waals surface area contributed by atoms with Gasteiger partial charge in [-0.15, -0.1) is 0 Å². The molecule has 1 amide bonds. The van der Waals surface area contributed by atoms with Gasteiger partial charge in [-0.2, -0.15) is 0 Å². The number of nitrogens with zero attached hydrogens (tertiary/aromatic N) is 1. The fourth-order valence-corrected chi connectivity index (χ4v) is 4.82. The summed E-state index contributed by atoms with van der Waals surface area (Å²) in [5, 5.41) is 0.899. The number of H-pyrrole nitrogens is 1. The minimum Gasteiger partial charge on any atom is -0.467 e. The summed E-state index contributed by atoms with van der Waals surface area (Å²) in [4.78, 5) is 44.2. The van der Waals surface area contributed by atoms with Crippen LogP contribution in [0.1, 0.15) is 27.2 Å². The van der Waals surface area contributed by atoms with E-state index in [0.717, 1.165) is 16.5 Å². The Kier molecular flexibility index (Phi) is 3.58. The van der Waals surface area contributed by atoms with Crippen LogP contribution < -0.4 is 0 Å². The van der Waals surface area contributed by atoms with Crippen LogP contribution in [0.2, 0.25) is 0 Å². The molecule has 0 saturated carbocycles. The molecule has 2 atom stereocenters. The van der Waals surface area contributed by atoms with Crippen LogP contribution in [-0.4, -0.2) is 48.0 Å². The molecule has 0 bridgehead atoms. The van der Waals surface area contributed by atoms with Crippen LogP contribution in [0.3, 0.4) is 0 Å². The molecular weight excluding hydrogens is 372 g/mol. The Balaban J connectivity index is 1.94. The molecule has 0 fully saturated rings. The Morgan fingerprint density at radius 3 is 2.55 bits per heavy atom. The van der Waals surface area contributed by atoms with E-state index in [4.69, 9.17) is 9.47 Å². The van der Waals surface area contributed by atoms with Gasteiger partial charge in [-0.1, -0.05) is 36.4 Å². The Labute approximate surface area is 166 Å². The van der Waals surface area contributed by atoms with Gasteiger partial charge in [0.25, 0.3) is 5.91 Å². The van der Waals surface area contributed by atoms with E-state index in [2.05, 4.69) is 4.98 Å². The molecule has 0 saturated heterocycles. The Morgan fingerprint density at radius 1 is 1.07 bits per heavy atom. The van der Waals surface area contributed by atoms with Crippen LogP contribution in [0.25, 0.3) is 10.9 Å². The topological polar surface area (TPSA) is 88.7 Å². The Morgan fingerprint density at radius 2 is 1.79 bits per heavy atom. The zero-order chi connectivity index (χ0) is 20.3. The van der Waals surface area contributed by atoms with Gasteiger partial charge in [0.2, 0.25) is 5.54 Å². The highest BCUT2D eigenvalue weighted by Crippen LogP contribution is 2.51. The first kappa shape index (κ1) is 17.5. The normalized spacial score (nSPS) is 22.1. The quantitative estimate of drug-likeness (QED) is 0.678. The monoisotopic (exact) mass is 390 g/mol. The fraction of sp³-hybridized carbons (Fsp3) is 0.227. The number of esters is 2. The predicted molar refractivity (Wildman–Crippen MR) is 103 cm³/mol. The van der Waals surface area contributed by atoms with Crippen LogP contribution in [0.15, 0.2) is 48.5 Å². The number of ether oxygens (including phenoxy) is 2. The summed E-state index contributed by atoms with van der Waals surface area (Å²) in [5.74, 6) is -1.60. The third-order valence-electron chi connectivity index (χ3n) is 5.97. The molecule has 0 unspecified atom stereocenters. The van der Waals surface area contributed by atoms with Crippen LogP contribution in [0, 0.1) is 0 Å². The lowest BCUT2D eigenvalue weighted by Gasteiger charge is -2.43. The van der Waals surface area contributed by atoms with Crippen molar-refractivity contribution in [2.75, 3.05) is 14.2 Å². The van der Waals surface area contributed by atoms with E-state index in [1.54, 1.807) is 24.3 Å². The molecule has 29 heavy (non-hydrogen) atoms. The second-order valence-electron chi connectivity index (χ2n) is 7.19. The molecule has 0 radical (unpaired) electrons. The fourth-order valence-electron chi connectivity index (χ4n) is 4.82. The van der Waals surface area contributed by atoms with Crippen LogP contribution in [0.5, 0.6) is 0 Å². The van der Waals surface area contributed by atoms with Crippen molar-refractivity contribution in [1.82, 2.24) is 9.88 Å². The molecule has 2 aromatic carbocycles. The van der Waals surface area contributed by atoms with Gasteiger partial charge < -0.3 is 14.5 Å². The number of carbonyl (C=O) groups excluding carboxylic acids is 3. The molecule has 1 N–H and O–H groups in total. The minimum absolute atomic E-state index is 0.241. The molecule has 5 rings (SSSR count). The molecule has 2 aliphatic heterocycles. The number of amides is 1. The first-order chi connectivity index (χ1) is 14.1. The van der Waals surface area contributed by atoms with E-state index in [0.29, 0.717) is 16.8 Å². The number of benzene rings is 2. The highest BCUT2D eigenvalue weighted by molar-refractivity contribution is 6.10. The lowest BCUT2D eigenvalue weighted by molar-refractivity contribution is -0.158. The summed E-state index contributed by atoms with van der Waals surface area (Å²) in [6.45, 7) is 0. The molecule has 7 heteroatoms. The highest BCUT2D eigenvalue weighted by Gasteiger charge is 2.64. The molecule has 0 spiro atoms. The maximum absolute atomic E-state index is 13.4. The molecule has 3 heterocycles. The average molecular weight is 390 g/mol. The molecule has 7 nitrogen and oxygen atoms in total. The minimum atomic E-state index is -1.58. The van der Waals surface area contributed by atoms with Crippen molar-refractivity contribution in [3.63, 3.8) is 0 Å². The molecule has 146 valence electrons. The molecular formula is C22H18N2O5. The molecule has 0 aliphatic carbocycles. The number of fused-ring (bicyclic) bond motifs is 7. The number of para-hydroxylation sites is 1. The first-order valence-corrected chi connectivity index (χ1v) is 9.25. The average Bonchev–Trinajstić information content (AvgIpc) is 3.27. The van der Waals surface area contributed by atoms with Crippen molar-refractivity contribution >= 4 is 28.7 Å². The summed E-state index contributed by atoms with van der Waals surface area (Å²) >= 11 is 0. The third kappa shape index (κ3) is 1.99. The van der Waals surface area contributed by atoms with Crippen LogP contribution in [0.4, 0.5) is 0 Å². The molecule has 3 aromatic rings. The SMILES string of the molecule is COC(=O)[C@@H]1Cc2c([nH]c3ccccc23)[C@]2(C(=O)OC)c3ccccc3C(=O)N12.